The van der Waals surface area contributed by atoms with Crippen molar-refractivity contribution in [1.82, 2.24) is 0 Å². The van der Waals surface area contributed by atoms with Gasteiger partial charge in [0.2, 0.25) is 0 Å². The van der Waals surface area contributed by atoms with Crippen LogP contribution in [-0.2, 0) is 0 Å². The zero-order valence-corrected chi connectivity index (χ0v) is 13.0. The van der Waals surface area contributed by atoms with E-state index in [0.29, 0.717) is 13.2 Å². The summed E-state index contributed by atoms with van der Waals surface area (Å²) in [6.45, 7) is 3.92. The maximum atomic E-state index is 5.72. The van der Waals surface area contributed by atoms with Crippen molar-refractivity contribution in [3.63, 3.8) is 0 Å². The Balaban J connectivity index is 2.15. The summed E-state index contributed by atoms with van der Waals surface area (Å²) in [5.74, 6) is 1.66. The quantitative estimate of drug-likeness (QED) is 0.493. The molecule has 0 aliphatic carbocycles. The van der Waals surface area contributed by atoms with Crippen molar-refractivity contribution in [2.24, 2.45) is 5.73 Å². The van der Waals surface area contributed by atoms with Crippen LogP contribution < -0.4 is 15.2 Å². The zero-order valence-electron chi connectivity index (χ0n) is 13.0. The molecule has 0 unspecified atom stereocenters. The normalized spacial score (nSPS) is 11.3. The van der Waals surface area contributed by atoms with Gasteiger partial charge < -0.3 is 15.2 Å². The van der Waals surface area contributed by atoms with Gasteiger partial charge in [0.25, 0.3) is 0 Å². The Morgan fingerprint density at radius 1 is 1.00 bits per heavy atom. The summed E-state index contributed by atoms with van der Waals surface area (Å²) in [5, 5.41) is 0. The Morgan fingerprint density at radius 3 is 2.43 bits per heavy atom. The van der Waals surface area contributed by atoms with E-state index in [1.54, 1.807) is 0 Å². The summed E-state index contributed by atoms with van der Waals surface area (Å²) in [6, 6.07) is 7.71. The molecule has 0 amide bonds. The van der Waals surface area contributed by atoms with E-state index in [1.807, 2.05) is 24.3 Å². The van der Waals surface area contributed by atoms with Gasteiger partial charge in [-0.1, -0.05) is 37.3 Å². The van der Waals surface area contributed by atoms with Crippen LogP contribution in [0, 0.1) is 0 Å². The molecule has 0 spiro atoms. The van der Waals surface area contributed by atoms with Crippen molar-refractivity contribution in [2.75, 3.05) is 19.8 Å². The molecule has 0 fully saturated rings. The Labute approximate surface area is 128 Å². The Morgan fingerprint density at radius 2 is 1.71 bits per heavy atom. The van der Waals surface area contributed by atoms with Gasteiger partial charge in [0.1, 0.15) is 18.1 Å². The van der Waals surface area contributed by atoms with Crippen LogP contribution in [0.5, 0.6) is 11.5 Å². The number of ether oxygens (including phenoxy) is 2. The van der Waals surface area contributed by atoms with Gasteiger partial charge in [0.15, 0.2) is 0 Å². The summed E-state index contributed by atoms with van der Waals surface area (Å²) in [7, 11) is 0. The maximum Gasteiger partial charge on any atom is 0.123 e. The highest BCUT2D eigenvalue weighted by molar-refractivity contribution is 5.32. The molecule has 0 aromatic heterocycles. The largest absolute Gasteiger partial charge is 0.493 e. The molecule has 0 heterocycles. The molecule has 1 rings (SSSR count). The lowest BCUT2D eigenvalue weighted by atomic mass is 10.2. The molecule has 116 valence electrons. The van der Waals surface area contributed by atoms with Gasteiger partial charge in [-0.2, -0.15) is 0 Å². The molecule has 0 aliphatic rings. The van der Waals surface area contributed by atoms with Crippen LogP contribution in [0.15, 0.2) is 48.6 Å². The predicted molar refractivity (Wildman–Crippen MR) is 88.9 cm³/mol. The van der Waals surface area contributed by atoms with Crippen LogP contribution in [0.4, 0.5) is 0 Å². The third-order valence-corrected chi connectivity index (χ3v) is 2.84. The topological polar surface area (TPSA) is 44.5 Å². The van der Waals surface area contributed by atoms with E-state index in [0.717, 1.165) is 43.8 Å². The molecule has 1 aromatic rings. The lowest BCUT2D eigenvalue weighted by molar-refractivity contribution is 0.299. The van der Waals surface area contributed by atoms with Crippen LogP contribution in [-0.4, -0.2) is 19.8 Å². The molecule has 0 aliphatic heterocycles. The van der Waals surface area contributed by atoms with E-state index in [9.17, 15) is 0 Å². The van der Waals surface area contributed by atoms with Crippen LogP contribution in [0.1, 0.15) is 32.6 Å². The van der Waals surface area contributed by atoms with E-state index in [-0.39, 0.29) is 0 Å². The first-order valence-corrected chi connectivity index (χ1v) is 7.74. The van der Waals surface area contributed by atoms with Crippen molar-refractivity contribution in [1.29, 1.82) is 0 Å². The fourth-order valence-corrected chi connectivity index (χ4v) is 1.77. The number of benzene rings is 1. The number of unbranched alkanes of at least 4 members (excludes halogenated alkanes) is 2. The molecule has 2 N–H and O–H groups in total. The van der Waals surface area contributed by atoms with Gasteiger partial charge in [0.05, 0.1) is 6.61 Å². The van der Waals surface area contributed by atoms with E-state index in [4.69, 9.17) is 15.2 Å². The molecule has 1 aromatic carbocycles. The summed E-state index contributed by atoms with van der Waals surface area (Å²) in [6.07, 6.45) is 12.9. The monoisotopic (exact) mass is 289 g/mol. The smallest absolute Gasteiger partial charge is 0.123 e. The molecule has 0 saturated heterocycles. The number of hydrogen-bond acceptors (Lipinski definition) is 3. The average molecular weight is 289 g/mol. The summed E-state index contributed by atoms with van der Waals surface area (Å²) in [4.78, 5) is 0. The molecular weight excluding hydrogens is 262 g/mol. The van der Waals surface area contributed by atoms with Crippen LogP contribution in [0.25, 0.3) is 0 Å². The second-order valence-corrected chi connectivity index (χ2v) is 4.72. The van der Waals surface area contributed by atoms with Gasteiger partial charge in [0, 0.05) is 12.6 Å². The molecule has 0 bridgehead atoms. The first kappa shape index (κ1) is 17.3. The molecule has 0 saturated carbocycles. The fourth-order valence-electron chi connectivity index (χ4n) is 1.77. The van der Waals surface area contributed by atoms with Crippen molar-refractivity contribution in [3.8, 4) is 11.5 Å². The molecule has 3 nitrogen and oxygen atoms in total. The van der Waals surface area contributed by atoms with Crippen LogP contribution >= 0.6 is 0 Å². The molecular formula is C18H27NO2. The Hall–Kier alpha value is -1.74. The lowest BCUT2D eigenvalue weighted by Gasteiger charge is -2.08. The van der Waals surface area contributed by atoms with Gasteiger partial charge in [-0.25, -0.2) is 0 Å². The average Bonchev–Trinajstić information content (AvgIpc) is 2.52. The van der Waals surface area contributed by atoms with E-state index in [2.05, 4.69) is 31.2 Å². The van der Waals surface area contributed by atoms with Gasteiger partial charge in [-0.05, 0) is 37.8 Å². The van der Waals surface area contributed by atoms with E-state index in [1.165, 1.54) is 0 Å². The highest BCUT2D eigenvalue weighted by Gasteiger charge is 1.97. The Bertz CT molecular complexity index is 427. The zero-order chi connectivity index (χ0) is 15.2. The van der Waals surface area contributed by atoms with Crippen molar-refractivity contribution < 1.29 is 9.47 Å². The van der Waals surface area contributed by atoms with Crippen molar-refractivity contribution >= 4 is 0 Å². The maximum absolute atomic E-state index is 5.72. The van der Waals surface area contributed by atoms with Crippen LogP contribution in [0.2, 0.25) is 0 Å². The fraction of sp³-hybridized carbons (Fsp3) is 0.444. The molecule has 0 radical (unpaired) electrons. The lowest BCUT2D eigenvalue weighted by Crippen LogP contribution is -2.10. The minimum absolute atomic E-state index is 0.520. The highest BCUT2D eigenvalue weighted by Crippen LogP contribution is 2.19. The predicted octanol–water partition coefficient (Wildman–Crippen LogP) is 4.10. The first-order valence-electron chi connectivity index (χ1n) is 7.74. The van der Waals surface area contributed by atoms with Gasteiger partial charge in [-0.15, -0.1) is 0 Å². The van der Waals surface area contributed by atoms with E-state index < -0.39 is 0 Å². The Kier molecular flexibility index (Phi) is 9.92. The molecule has 0 atom stereocenters. The second kappa shape index (κ2) is 12.0. The van der Waals surface area contributed by atoms with E-state index >= 15 is 0 Å². The van der Waals surface area contributed by atoms with Gasteiger partial charge in [-0.3, -0.25) is 0 Å². The third kappa shape index (κ3) is 8.92. The second-order valence-electron chi connectivity index (χ2n) is 4.72. The minimum atomic E-state index is 0.520. The minimum Gasteiger partial charge on any atom is -0.493 e. The summed E-state index contributed by atoms with van der Waals surface area (Å²) >= 11 is 0. The molecule has 3 heteroatoms. The number of rotatable bonds is 11. The number of allylic oxidation sites excluding steroid dienone is 4. The van der Waals surface area contributed by atoms with Gasteiger partial charge >= 0.3 is 0 Å². The standard InChI is InChI=1S/C18H27NO2/c1-2-3-4-5-6-7-8-9-14-20-17-11-10-12-18(16-17)21-15-13-19/h3-6,10-12,16H,2,7-9,13-15,19H2,1H3/b4-3-,6-5-. The highest BCUT2D eigenvalue weighted by atomic mass is 16.5. The summed E-state index contributed by atoms with van der Waals surface area (Å²) in [5.41, 5.74) is 5.41. The number of hydrogen-bond donors (Lipinski definition) is 1. The first-order chi connectivity index (χ1) is 10.4. The van der Waals surface area contributed by atoms with Crippen molar-refractivity contribution in [3.05, 3.63) is 48.6 Å². The SMILES string of the molecule is CC/C=C\C=C/CCCCOc1cccc(OCCN)c1. The third-order valence-electron chi connectivity index (χ3n) is 2.84. The molecule has 21 heavy (non-hydrogen) atoms. The number of nitrogens with two attached hydrogens (primary N) is 1. The van der Waals surface area contributed by atoms with Crippen LogP contribution in [0.3, 0.4) is 0 Å². The van der Waals surface area contributed by atoms with Crippen molar-refractivity contribution in [2.45, 2.75) is 32.6 Å². The summed E-state index contributed by atoms with van der Waals surface area (Å²) < 4.78 is 11.2.